The lowest BCUT2D eigenvalue weighted by Crippen LogP contribution is -2.42. The van der Waals surface area contributed by atoms with Crippen molar-refractivity contribution in [2.45, 2.75) is 36.2 Å². The number of nitrogens with zero attached hydrogens (tertiary/aromatic N) is 1. The normalized spacial score (nSPS) is 22.9. The summed E-state index contributed by atoms with van der Waals surface area (Å²) in [5.41, 5.74) is 0.378. The number of halogens is 1. The van der Waals surface area contributed by atoms with E-state index in [0.717, 1.165) is 32.4 Å². The molecule has 140 valence electrons. The van der Waals surface area contributed by atoms with Crippen molar-refractivity contribution < 1.29 is 17.9 Å². The van der Waals surface area contributed by atoms with Crippen LogP contribution in [0.1, 0.15) is 29.6 Å². The highest BCUT2D eigenvalue weighted by Crippen LogP contribution is 2.31. The molecule has 0 aromatic heterocycles. The monoisotopic (exact) mass is 389 g/mol. The molecule has 2 N–H and O–H groups in total. The molecule has 9 heteroatoms. The van der Waals surface area contributed by atoms with Gasteiger partial charge in [-0.1, -0.05) is 0 Å². The number of nitrogens with one attached hydrogen (secondary N) is 2. The average Bonchev–Trinajstić information content (AvgIpc) is 2.86. The largest absolute Gasteiger partial charge is 0.495 e. The SMILES string of the molecule is CNS(=O)(=O)c1cc(C(=O)N2C3CCNCC2CC3)ccc1OC.Cl. The molecular formula is C16H24ClN3O4S. The maximum atomic E-state index is 13.0. The fourth-order valence-electron chi connectivity index (χ4n) is 3.59. The lowest BCUT2D eigenvalue weighted by molar-refractivity contribution is 0.0680. The van der Waals surface area contributed by atoms with Gasteiger partial charge >= 0.3 is 0 Å². The fraction of sp³-hybridized carbons (Fsp3) is 0.562. The molecule has 0 radical (unpaired) electrons. The van der Waals surface area contributed by atoms with Crippen molar-refractivity contribution in [3.8, 4) is 5.75 Å². The highest BCUT2D eigenvalue weighted by molar-refractivity contribution is 7.89. The molecule has 7 nitrogen and oxygen atoms in total. The summed E-state index contributed by atoms with van der Waals surface area (Å²) in [6.45, 7) is 1.70. The molecule has 2 atom stereocenters. The minimum atomic E-state index is -3.70. The molecule has 2 aliphatic rings. The third kappa shape index (κ3) is 3.76. The van der Waals surface area contributed by atoms with Gasteiger partial charge in [0.05, 0.1) is 7.11 Å². The number of hydrogen-bond acceptors (Lipinski definition) is 5. The number of amides is 1. The molecule has 2 heterocycles. The van der Waals surface area contributed by atoms with Crippen LogP contribution in [0, 0.1) is 0 Å². The first kappa shape index (κ1) is 20.0. The zero-order valence-electron chi connectivity index (χ0n) is 14.3. The van der Waals surface area contributed by atoms with Gasteiger partial charge in [0, 0.05) is 24.2 Å². The number of carbonyl (C=O) groups excluding carboxylic acids is 1. The van der Waals surface area contributed by atoms with Crippen molar-refractivity contribution in [1.29, 1.82) is 0 Å². The molecule has 1 amide bonds. The molecule has 25 heavy (non-hydrogen) atoms. The molecular weight excluding hydrogens is 366 g/mol. The maximum absolute atomic E-state index is 13.0. The van der Waals surface area contributed by atoms with Crippen molar-refractivity contribution in [1.82, 2.24) is 14.9 Å². The molecule has 1 aromatic carbocycles. The lowest BCUT2D eigenvalue weighted by Gasteiger charge is -2.28. The minimum absolute atomic E-state index is 0. The van der Waals surface area contributed by atoms with Gasteiger partial charge in [-0.3, -0.25) is 4.79 Å². The van der Waals surface area contributed by atoms with E-state index in [9.17, 15) is 13.2 Å². The Kier molecular flexibility index (Phi) is 6.31. The van der Waals surface area contributed by atoms with Crippen LogP contribution in [-0.2, 0) is 10.0 Å². The second-order valence-electron chi connectivity index (χ2n) is 6.16. The molecule has 2 saturated heterocycles. The Morgan fingerprint density at radius 3 is 2.68 bits per heavy atom. The summed E-state index contributed by atoms with van der Waals surface area (Å²) < 4.78 is 31.8. The summed E-state index contributed by atoms with van der Waals surface area (Å²) in [6.07, 6.45) is 2.93. The highest BCUT2D eigenvalue weighted by Gasteiger charge is 2.38. The van der Waals surface area contributed by atoms with E-state index < -0.39 is 10.0 Å². The van der Waals surface area contributed by atoms with Crippen LogP contribution in [0.4, 0.5) is 0 Å². The Labute approximate surface area is 154 Å². The first-order valence-electron chi connectivity index (χ1n) is 8.13. The van der Waals surface area contributed by atoms with E-state index in [1.165, 1.54) is 26.3 Å². The summed E-state index contributed by atoms with van der Waals surface area (Å²) in [7, 11) is -0.958. The zero-order valence-corrected chi connectivity index (χ0v) is 16.0. The predicted octanol–water partition coefficient (Wildman–Crippen LogP) is 0.992. The van der Waals surface area contributed by atoms with Crippen molar-refractivity contribution in [3.05, 3.63) is 23.8 Å². The summed E-state index contributed by atoms with van der Waals surface area (Å²) in [4.78, 5) is 14.9. The number of rotatable bonds is 4. The molecule has 1 aromatic rings. The Hall–Kier alpha value is -1.35. The quantitative estimate of drug-likeness (QED) is 0.801. The van der Waals surface area contributed by atoms with Gasteiger partial charge in [0.1, 0.15) is 10.6 Å². The van der Waals surface area contributed by atoms with E-state index in [0.29, 0.717) is 5.56 Å². The number of fused-ring (bicyclic) bond motifs is 2. The van der Waals surface area contributed by atoms with E-state index in [-0.39, 0.29) is 41.0 Å². The van der Waals surface area contributed by atoms with Crippen molar-refractivity contribution in [3.63, 3.8) is 0 Å². The number of benzene rings is 1. The number of hydrogen-bond donors (Lipinski definition) is 2. The summed E-state index contributed by atoms with van der Waals surface area (Å²) in [6, 6.07) is 4.98. The van der Waals surface area contributed by atoms with Gasteiger partial charge in [0.2, 0.25) is 10.0 Å². The van der Waals surface area contributed by atoms with Gasteiger partial charge in [-0.05, 0) is 51.1 Å². The third-order valence-corrected chi connectivity index (χ3v) is 6.29. The molecule has 0 saturated carbocycles. The highest BCUT2D eigenvalue weighted by atomic mass is 35.5. The van der Waals surface area contributed by atoms with Crippen LogP contribution in [0.25, 0.3) is 0 Å². The fourth-order valence-corrected chi connectivity index (χ4v) is 4.51. The molecule has 3 rings (SSSR count). The molecule has 2 unspecified atom stereocenters. The van der Waals surface area contributed by atoms with Crippen LogP contribution in [0.2, 0.25) is 0 Å². The van der Waals surface area contributed by atoms with Crippen LogP contribution in [-0.4, -0.2) is 58.6 Å². The third-order valence-electron chi connectivity index (χ3n) is 4.86. The molecule has 0 spiro atoms. The molecule has 2 fully saturated rings. The van der Waals surface area contributed by atoms with Crippen LogP contribution in [0.5, 0.6) is 5.75 Å². The van der Waals surface area contributed by atoms with Gasteiger partial charge in [-0.15, -0.1) is 12.4 Å². The number of sulfonamides is 1. The van der Waals surface area contributed by atoms with Gasteiger partial charge < -0.3 is 15.0 Å². The molecule has 2 aliphatic heterocycles. The lowest BCUT2D eigenvalue weighted by atomic mass is 10.1. The van der Waals surface area contributed by atoms with Crippen molar-refractivity contribution in [2.24, 2.45) is 0 Å². The van der Waals surface area contributed by atoms with Gasteiger partial charge in [-0.2, -0.15) is 0 Å². The Bertz CT molecular complexity index is 727. The topological polar surface area (TPSA) is 87.7 Å². The summed E-state index contributed by atoms with van der Waals surface area (Å²) >= 11 is 0. The van der Waals surface area contributed by atoms with E-state index in [1.807, 2.05) is 4.90 Å². The van der Waals surface area contributed by atoms with Crippen LogP contribution in [0.15, 0.2) is 23.1 Å². The minimum Gasteiger partial charge on any atom is -0.495 e. The van der Waals surface area contributed by atoms with Crippen molar-refractivity contribution in [2.75, 3.05) is 27.2 Å². The summed E-state index contributed by atoms with van der Waals surface area (Å²) in [5, 5.41) is 3.36. The van der Waals surface area contributed by atoms with Crippen molar-refractivity contribution >= 4 is 28.3 Å². The zero-order chi connectivity index (χ0) is 17.3. The predicted molar refractivity (Wildman–Crippen MR) is 97.0 cm³/mol. The van der Waals surface area contributed by atoms with Crippen LogP contribution < -0.4 is 14.8 Å². The van der Waals surface area contributed by atoms with Gasteiger partial charge in [0.15, 0.2) is 0 Å². The van der Waals surface area contributed by atoms with E-state index in [4.69, 9.17) is 4.74 Å². The average molecular weight is 390 g/mol. The first-order chi connectivity index (χ1) is 11.5. The van der Waals surface area contributed by atoms with E-state index in [2.05, 4.69) is 10.0 Å². The number of methoxy groups -OCH3 is 1. The van der Waals surface area contributed by atoms with Gasteiger partial charge in [0.25, 0.3) is 5.91 Å². The van der Waals surface area contributed by atoms with Gasteiger partial charge in [-0.25, -0.2) is 13.1 Å². The van der Waals surface area contributed by atoms with E-state index >= 15 is 0 Å². The second-order valence-corrected chi connectivity index (χ2v) is 8.02. The second kappa shape index (κ2) is 7.90. The van der Waals surface area contributed by atoms with Crippen LogP contribution in [0.3, 0.4) is 0 Å². The smallest absolute Gasteiger partial charge is 0.254 e. The maximum Gasteiger partial charge on any atom is 0.254 e. The van der Waals surface area contributed by atoms with Crippen LogP contribution >= 0.6 is 12.4 Å². The standard InChI is InChI=1S/C16H23N3O4S.ClH/c1-17-24(21,22)15-9-11(3-6-14(15)23-2)16(20)19-12-4-5-13(19)10-18-8-7-12;/h3,6,9,12-13,17-18H,4-5,7-8,10H2,1-2H3;1H. The molecule has 0 aliphatic carbocycles. The van der Waals surface area contributed by atoms with E-state index in [1.54, 1.807) is 6.07 Å². The Balaban J connectivity index is 0.00000225. The first-order valence-corrected chi connectivity index (χ1v) is 9.61. The Morgan fingerprint density at radius 1 is 1.28 bits per heavy atom. The summed E-state index contributed by atoms with van der Waals surface area (Å²) in [5.74, 6) is 0.114. The number of carbonyl (C=O) groups is 1. The molecule has 2 bridgehead atoms. The Morgan fingerprint density at radius 2 is 2.00 bits per heavy atom. The number of ether oxygens (including phenoxy) is 1.